The highest BCUT2D eigenvalue weighted by atomic mass is 35.5. The number of ether oxygens (including phenoxy) is 2. The molecule has 0 spiro atoms. The summed E-state index contributed by atoms with van der Waals surface area (Å²) in [6.45, 7) is 0.778. The van der Waals surface area contributed by atoms with Crippen molar-refractivity contribution in [3.05, 3.63) is 63.1 Å². The first kappa shape index (κ1) is 22.5. The zero-order chi connectivity index (χ0) is 23.0. The van der Waals surface area contributed by atoms with Crippen LogP contribution < -0.4 is 4.74 Å². The first-order valence-corrected chi connectivity index (χ1v) is 10.8. The van der Waals surface area contributed by atoms with E-state index in [2.05, 4.69) is 0 Å². The van der Waals surface area contributed by atoms with E-state index in [0.29, 0.717) is 12.2 Å². The second kappa shape index (κ2) is 9.02. The number of ketones is 1. The molecule has 0 bridgehead atoms. The van der Waals surface area contributed by atoms with E-state index in [4.69, 9.17) is 32.7 Å². The number of carbonyl (C=O) groups is 2. The number of aromatic hydroxyl groups is 1. The van der Waals surface area contributed by atoms with Gasteiger partial charge in [0.05, 0.1) is 34.9 Å². The van der Waals surface area contributed by atoms with Crippen molar-refractivity contribution < 1.29 is 29.3 Å². The Labute approximate surface area is 194 Å². The number of aliphatic hydroxyl groups is 1. The van der Waals surface area contributed by atoms with Gasteiger partial charge in [-0.25, -0.2) is 0 Å². The molecule has 2 unspecified atom stereocenters. The lowest BCUT2D eigenvalue weighted by molar-refractivity contribution is -0.140. The van der Waals surface area contributed by atoms with Crippen molar-refractivity contribution in [1.82, 2.24) is 4.90 Å². The van der Waals surface area contributed by atoms with E-state index in [-0.39, 0.29) is 45.3 Å². The highest BCUT2D eigenvalue weighted by molar-refractivity contribution is 6.46. The molecule has 2 aromatic carbocycles. The third-order valence-electron chi connectivity index (χ3n) is 5.63. The average molecular weight is 478 g/mol. The number of halogens is 2. The van der Waals surface area contributed by atoms with Crippen LogP contribution in [-0.4, -0.2) is 53.2 Å². The van der Waals surface area contributed by atoms with Gasteiger partial charge in [-0.05, 0) is 42.7 Å². The van der Waals surface area contributed by atoms with E-state index in [9.17, 15) is 19.8 Å². The van der Waals surface area contributed by atoms with Crippen LogP contribution in [0.3, 0.4) is 0 Å². The van der Waals surface area contributed by atoms with Gasteiger partial charge in [-0.2, -0.15) is 0 Å². The Morgan fingerprint density at radius 3 is 2.53 bits per heavy atom. The standard InChI is InChI=1S/C23H21Cl2NO6/c1-31-22-16(24)9-13(10-17(22)25)20(28)18-19(12-4-2-5-14(27)8-12)26(23(30)21(18)29)11-15-6-3-7-32-15/h2,4-5,8-10,15,19,27-28H,3,6-7,11H2,1H3/b20-18+. The predicted octanol–water partition coefficient (Wildman–Crippen LogP) is 4.31. The minimum atomic E-state index is -0.911. The van der Waals surface area contributed by atoms with Gasteiger partial charge < -0.3 is 24.6 Å². The van der Waals surface area contributed by atoms with Crippen molar-refractivity contribution in [3.63, 3.8) is 0 Å². The molecule has 2 aromatic rings. The van der Waals surface area contributed by atoms with Gasteiger partial charge in [-0.1, -0.05) is 35.3 Å². The number of likely N-dealkylation sites (tertiary alicyclic amines) is 1. The van der Waals surface area contributed by atoms with E-state index < -0.39 is 23.5 Å². The second-order valence-electron chi connectivity index (χ2n) is 7.65. The molecule has 7 nitrogen and oxygen atoms in total. The van der Waals surface area contributed by atoms with Gasteiger partial charge in [0.15, 0.2) is 5.75 Å². The Morgan fingerprint density at radius 1 is 1.22 bits per heavy atom. The maximum absolute atomic E-state index is 13.1. The molecule has 2 N–H and O–H groups in total. The normalized spacial score (nSPS) is 22.5. The number of phenolic OH excluding ortho intramolecular Hbond substituents is 1. The maximum Gasteiger partial charge on any atom is 0.295 e. The largest absolute Gasteiger partial charge is 0.508 e. The molecule has 0 aromatic heterocycles. The molecule has 0 aliphatic carbocycles. The minimum absolute atomic E-state index is 0.0271. The maximum atomic E-state index is 13.1. The zero-order valence-corrected chi connectivity index (χ0v) is 18.7. The number of amides is 1. The zero-order valence-electron chi connectivity index (χ0n) is 17.2. The van der Waals surface area contributed by atoms with Crippen LogP contribution >= 0.6 is 23.2 Å². The van der Waals surface area contributed by atoms with Crippen LogP contribution in [0.4, 0.5) is 0 Å². The summed E-state index contributed by atoms with van der Waals surface area (Å²) in [5.41, 5.74) is 0.534. The van der Waals surface area contributed by atoms with Gasteiger partial charge in [-0.3, -0.25) is 9.59 Å². The molecular formula is C23H21Cl2NO6. The first-order chi connectivity index (χ1) is 15.3. The summed E-state index contributed by atoms with van der Waals surface area (Å²) >= 11 is 12.4. The Balaban J connectivity index is 1.86. The molecule has 4 rings (SSSR count). The number of methoxy groups -OCH3 is 1. The van der Waals surface area contributed by atoms with Crippen molar-refractivity contribution in [2.75, 3.05) is 20.3 Å². The summed E-state index contributed by atoms with van der Waals surface area (Å²) in [6, 6.07) is 8.14. The highest BCUT2D eigenvalue weighted by Crippen LogP contribution is 2.42. The molecule has 2 heterocycles. The third kappa shape index (κ3) is 4.03. The van der Waals surface area contributed by atoms with Crippen molar-refractivity contribution >= 4 is 40.7 Å². The smallest absolute Gasteiger partial charge is 0.295 e. The van der Waals surface area contributed by atoms with Crippen LogP contribution in [0.5, 0.6) is 11.5 Å². The van der Waals surface area contributed by atoms with E-state index in [1.54, 1.807) is 12.1 Å². The summed E-state index contributed by atoms with van der Waals surface area (Å²) in [7, 11) is 1.41. The predicted molar refractivity (Wildman–Crippen MR) is 119 cm³/mol. The van der Waals surface area contributed by atoms with E-state index >= 15 is 0 Å². The number of nitrogens with zero attached hydrogens (tertiary/aromatic N) is 1. The Morgan fingerprint density at radius 2 is 1.94 bits per heavy atom. The van der Waals surface area contributed by atoms with Gasteiger partial charge in [0.1, 0.15) is 11.5 Å². The molecule has 32 heavy (non-hydrogen) atoms. The molecular weight excluding hydrogens is 457 g/mol. The SMILES string of the molecule is COc1c(Cl)cc(/C(O)=C2\C(=O)C(=O)N(CC3CCCO3)C2c2cccc(O)c2)cc1Cl. The van der Waals surface area contributed by atoms with Crippen LogP contribution in [0, 0.1) is 0 Å². The molecule has 0 saturated carbocycles. The molecule has 9 heteroatoms. The number of carbonyl (C=O) groups excluding carboxylic acids is 2. The van der Waals surface area contributed by atoms with Crippen LogP contribution in [0.15, 0.2) is 42.0 Å². The lowest BCUT2D eigenvalue weighted by Gasteiger charge is -2.27. The number of phenols is 1. The first-order valence-electron chi connectivity index (χ1n) is 10.0. The highest BCUT2D eigenvalue weighted by Gasteiger charge is 2.47. The van der Waals surface area contributed by atoms with E-state index in [0.717, 1.165) is 12.8 Å². The quantitative estimate of drug-likeness (QED) is 0.378. The Hall–Kier alpha value is -2.74. The van der Waals surface area contributed by atoms with Gasteiger partial charge in [0.25, 0.3) is 11.7 Å². The Kier molecular flexibility index (Phi) is 6.33. The fraction of sp³-hybridized carbons (Fsp3) is 0.304. The minimum Gasteiger partial charge on any atom is -0.508 e. The van der Waals surface area contributed by atoms with Crippen molar-refractivity contribution in [2.45, 2.75) is 25.0 Å². The second-order valence-corrected chi connectivity index (χ2v) is 8.47. The number of rotatable bonds is 5. The number of hydrogen-bond donors (Lipinski definition) is 2. The summed E-state index contributed by atoms with van der Waals surface area (Å²) in [5.74, 6) is -1.80. The summed E-state index contributed by atoms with van der Waals surface area (Å²) < 4.78 is 10.8. The fourth-order valence-corrected chi connectivity index (χ4v) is 4.81. The molecule has 2 atom stereocenters. The van der Waals surface area contributed by atoms with Gasteiger partial charge in [-0.15, -0.1) is 0 Å². The number of benzene rings is 2. The summed E-state index contributed by atoms with van der Waals surface area (Å²) in [4.78, 5) is 27.4. The molecule has 2 aliphatic rings. The molecule has 0 radical (unpaired) electrons. The van der Waals surface area contributed by atoms with E-state index in [1.165, 1.54) is 36.3 Å². The molecule has 1 amide bonds. The summed E-state index contributed by atoms with van der Waals surface area (Å²) in [5, 5.41) is 21.4. The lowest BCUT2D eigenvalue weighted by atomic mass is 9.95. The topological polar surface area (TPSA) is 96.3 Å². The number of Topliss-reactive ketones (excluding diaryl/α,β-unsaturated/α-hetero) is 1. The van der Waals surface area contributed by atoms with Crippen molar-refractivity contribution in [2.24, 2.45) is 0 Å². The molecule has 168 valence electrons. The van der Waals surface area contributed by atoms with Gasteiger partial charge >= 0.3 is 0 Å². The number of aliphatic hydroxyl groups excluding tert-OH is 1. The van der Waals surface area contributed by atoms with Crippen LogP contribution in [0.2, 0.25) is 10.0 Å². The lowest BCUT2D eigenvalue weighted by Crippen LogP contribution is -2.36. The van der Waals surface area contributed by atoms with Crippen molar-refractivity contribution in [3.8, 4) is 11.5 Å². The third-order valence-corrected chi connectivity index (χ3v) is 6.19. The van der Waals surface area contributed by atoms with Crippen molar-refractivity contribution in [1.29, 1.82) is 0 Å². The molecule has 2 fully saturated rings. The molecule has 2 aliphatic heterocycles. The summed E-state index contributed by atoms with van der Waals surface area (Å²) in [6.07, 6.45) is 1.42. The van der Waals surface area contributed by atoms with Crippen LogP contribution in [0.1, 0.15) is 30.0 Å². The van der Waals surface area contributed by atoms with Gasteiger partial charge in [0.2, 0.25) is 0 Å². The Bertz CT molecular complexity index is 1090. The van der Waals surface area contributed by atoms with Gasteiger partial charge in [0, 0.05) is 18.7 Å². The fourth-order valence-electron chi connectivity index (χ4n) is 4.16. The average Bonchev–Trinajstić information content (AvgIpc) is 3.35. The van der Waals surface area contributed by atoms with Crippen LogP contribution in [-0.2, 0) is 14.3 Å². The number of hydrogen-bond acceptors (Lipinski definition) is 6. The van der Waals surface area contributed by atoms with Crippen LogP contribution in [0.25, 0.3) is 5.76 Å². The monoisotopic (exact) mass is 477 g/mol. The van der Waals surface area contributed by atoms with E-state index in [1.807, 2.05) is 0 Å². The molecule has 2 saturated heterocycles.